The Kier molecular flexibility index (Phi) is 9.25. The van der Waals surface area contributed by atoms with Crippen LogP contribution in [-0.2, 0) is 11.2 Å². The molecule has 196 valence electrons. The highest BCUT2D eigenvalue weighted by atomic mass is 35.5. The third-order valence-electron chi connectivity index (χ3n) is 6.19. The van der Waals surface area contributed by atoms with E-state index >= 15 is 0 Å². The highest BCUT2D eigenvalue weighted by Crippen LogP contribution is 2.39. The highest BCUT2D eigenvalue weighted by molar-refractivity contribution is 6.30. The van der Waals surface area contributed by atoms with Crippen molar-refractivity contribution in [3.8, 4) is 23.0 Å². The van der Waals surface area contributed by atoms with Crippen LogP contribution >= 0.6 is 23.2 Å². The molecule has 0 spiro atoms. The van der Waals surface area contributed by atoms with Gasteiger partial charge in [0.05, 0.1) is 11.7 Å². The Labute approximate surface area is 228 Å². The first-order valence-corrected chi connectivity index (χ1v) is 13.0. The normalized spacial score (nSPS) is 16.2. The molecule has 37 heavy (non-hydrogen) atoms. The molecule has 0 N–H and O–H groups in total. The Morgan fingerprint density at radius 2 is 1.32 bits per heavy atom. The maximum Gasteiger partial charge on any atom is 0.230 e. The molecule has 0 bridgehead atoms. The first-order valence-electron chi connectivity index (χ1n) is 12.3. The smallest absolute Gasteiger partial charge is 0.230 e. The fourth-order valence-electron chi connectivity index (χ4n) is 3.80. The van der Waals surface area contributed by atoms with E-state index in [1.54, 1.807) is 48.5 Å². The predicted octanol–water partition coefficient (Wildman–Crippen LogP) is 8.27. The van der Waals surface area contributed by atoms with Gasteiger partial charge in [-0.3, -0.25) is 0 Å². The first-order chi connectivity index (χ1) is 17.8. The molecule has 0 aliphatic carbocycles. The highest BCUT2D eigenvalue weighted by Gasteiger charge is 2.46. The maximum atomic E-state index is 6.02. The number of epoxide rings is 1. The van der Waals surface area contributed by atoms with Gasteiger partial charge in [-0.05, 0) is 100 Å². The first kappa shape index (κ1) is 27.2. The summed E-state index contributed by atoms with van der Waals surface area (Å²) in [5.41, 5.74) is 2.39. The zero-order valence-corrected chi connectivity index (χ0v) is 22.9. The minimum Gasteiger partial charge on any atom is -0.458 e. The standard InChI is InChI=1S/C30H32Cl2O5/c1-21(5-17-29-30(2,3)37-29)4-6-22-7-12-27(35-19-33-25-13-8-23(31)9-14-25)18-28(22)36-20-34-26-15-10-24(32)11-16-26/h4,7-16,18,29H,5-6,17,19-20H2,1-3H3/b21-4+. The fraction of sp³-hybridized carbons (Fsp3) is 0.333. The van der Waals surface area contributed by atoms with Crippen molar-refractivity contribution in [2.24, 2.45) is 0 Å². The van der Waals surface area contributed by atoms with E-state index in [-0.39, 0.29) is 19.2 Å². The summed E-state index contributed by atoms with van der Waals surface area (Å²) < 4.78 is 28.9. The lowest BCUT2D eigenvalue weighted by Gasteiger charge is -2.14. The summed E-state index contributed by atoms with van der Waals surface area (Å²) in [7, 11) is 0. The van der Waals surface area contributed by atoms with Gasteiger partial charge in [-0.25, -0.2) is 0 Å². The van der Waals surface area contributed by atoms with Crippen LogP contribution in [0.15, 0.2) is 78.4 Å². The van der Waals surface area contributed by atoms with Crippen LogP contribution in [0.2, 0.25) is 10.0 Å². The topological polar surface area (TPSA) is 49.5 Å². The van der Waals surface area contributed by atoms with Crippen LogP contribution in [-0.4, -0.2) is 25.3 Å². The molecule has 0 amide bonds. The average molecular weight is 543 g/mol. The van der Waals surface area contributed by atoms with Crippen molar-refractivity contribution < 1.29 is 23.7 Å². The number of ether oxygens (including phenoxy) is 5. The van der Waals surface area contributed by atoms with Crippen molar-refractivity contribution in [1.82, 2.24) is 0 Å². The molecule has 0 radical (unpaired) electrons. The van der Waals surface area contributed by atoms with Crippen LogP contribution in [0, 0.1) is 0 Å². The molecule has 3 aromatic carbocycles. The summed E-state index contributed by atoms with van der Waals surface area (Å²) in [6.45, 7) is 6.54. The molecule has 1 unspecified atom stereocenters. The Morgan fingerprint density at radius 3 is 1.89 bits per heavy atom. The predicted molar refractivity (Wildman–Crippen MR) is 147 cm³/mol. The number of benzene rings is 3. The lowest BCUT2D eigenvalue weighted by molar-refractivity contribution is 0.112. The van der Waals surface area contributed by atoms with Gasteiger partial charge < -0.3 is 23.7 Å². The van der Waals surface area contributed by atoms with Crippen molar-refractivity contribution in [1.29, 1.82) is 0 Å². The van der Waals surface area contributed by atoms with E-state index in [9.17, 15) is 0 Å². The van der Waals surface area contributed by atoms with Crippen LogP contribution in [0.3, 0.4) is 0 Å². The second-order valence-electron chi connectivity index (χ2n) is 9.49. The molecule has 1 atom stereocenters. The molecule has 1 heterocycles. The summed E-state index contributed by atoms with van der Waals surface area (Å²) in [6, 6.07) is 20.1. The summed E-state index contributed by atoms with van der Waals surface area (Å²) in [5, 5.41) is 1.31. The summed E-state index contributed by atoms with van der Waals surface area (Å²) in [6.07, 6.45) is 5.37. The molecule has 0 saturated carbocycles. The van der Waals surface area contributed by atoms with Crippen molar-refractivity contribution >= 4 is 23.2 Å². The second-order valence-corrected chi connectivity index (χ2v) is 10.4. The lowest BCUT2D eigenvalue weighted by atomic mass is 10.0. The molecule has 7 heteroatoms. The van der Waals surface area contributed by atoms with Crippen LogP contribution in [0.4, 0.5) is 0 Å². The molecule has 1 aliphatic rings. The number of rotatable bonds is 13. The van der Waals surface area contributed by atoms with Gasteiger partial charge in [-0.2, -0.15) is 0 Å². The molecular weight excluding hydrogens is 511 g/mol. The minimum atomic E-state index is 0.0263. The molecule has 4 rings (SSSR count). The Balaban J connectivity index is 1.37. The third kappa shape index (κ3) is 8.60. The van der Waals surface area contributed by atoms with Gasteiger partial charge >= 0.3 is 0 Å². The Morgan fingerprint density at radius 1 is 0.811 bits per heavy atom. The lowest BCUT2D eigenvalue weighted by Crippen LogP contribution is -2.09. The minimum absolute atomic E-state index is 0.0263. The van der Waals surface area contributed by atoms with Crippen molar-refractivity contribution in [2.45, 2.75) is 51.7 Å². The zero-order valence-electron chi connectivity index (χ0n) is 21.3. The number of allylic oxidation sites excluding steroid dienone is 2. The van der Waals surface area contributed by atoms with Gasteiger partial charge in [-0.15, -0.1) is 0 Å². The molecular formula is C30H32Cl2O5. The number of hydrogen-bond acceptors (Lipinski definition) is 5. The largest absolute Gasteiger partial charge is 0.458 e. The zero-order chi connectivity index (χ0) is 26.3. The monoisotopic (exact) mass is 542 g/mol. The van der Waals surface area contributed by atoms with Crippen LogP contribution < -0.4 is 18.9 Å². The molecule has 1 fully saturated rings. The van der Waals surface area contributed by atoms with E-state index in [1.807, 2.05) is 18.2 Å². The van der Waals surface area contributed by atoms with Crippen molar-refractivity contribution in [3.63, 3.8) is 0 Å². The van der Waals surface area contributed by atoms with E-state index in [2.05, 4.69) is 26.8 Å². The summed E-state index contributed by atoms with van der Waals surface area (Å²) in [4.78, 5) is 0. The Bertz CT molecular complexity index is 1190. The van der Waals surface area contributed by atoms with Gasteiger partial charge in [0.15, 0.2) is 0 Å². The van der Waals surface area contributed by atoms with Gasteiger partial charge in [0.2, 0.25) is 13.6 Å². The van der Waals surface area contributed by atoms with E-state index in [0.29, 0.717) is 39.1 Å². The second kappa shape index (κ2) is 12.6. The maximum absolute atomic E-state index is 6.02. The van der Waals surface area contributed by atoms with E-state index in [0.717, 1.165) is 24.8 Å². The van der Waals surface area contributed by atoms with Crippen LogP contribution in [0.25, 0.3) is 0 Å². The average Bonchev–Trinajstić information content (AvgIpc) is 3.50. The van der Waals surface area contributed by atoms with Gasteiger partial charge in [-0.1, -0.05) is 40.9 Å². The number of hydrogen-bond donors (Lipinski definition) is 0. The molecule has 5 nitrogen and oxygen atoms in total. The fourth-order valence-corrected chi connectivity index (χ4v) is 4.05. The van der Waals surface area contributed by atoms with E-state index < -0.39 is 0 Å². The van der Waals surface area contributed by atoms with E-state index in [1.165, 1.54) is 5.57 Å². The molecule has 0 aromatic heterocycles. The summed E-state index contributed by atoms with van der Waals surface area (Å²) >= 11 is 11.9. The van der Waals surface area contributed by atoms with Gasteiger partial charge in [0.25, 0.3) is 0 Å². The quantitative estimate of drug-likeness (QED) is 0.123. The van der Waals surface area contributed by atoms with Crippen molar-refractivity contribution in [3.05, 3.63) is 94.0 Å². The van der Waals surface area contributed by atoms with Crippen LogP contribution in [0.1, 0.15) is 39.2 Å². The van der Waals surface area contributed by atoms with E-state index in [4.69, 9.17) is 46.9 Å². The SMILES string of the molecule is C/C(=C\Cc1ccc(OCOc2ccc(Cl)cc2)cc1OCOc1ccc(Cl)cc1)CCC1OC1(C)C. The molecule has 3 aromatic rings. The summed E-state index contributed by atoms with van der Waals surface area (Å²) in [5.74, 6) is 2.67. The van der Waals surface area contributed by atoms with Gasteiger partial charge in [0.1, 0.15) is 23.0 Å². The molecule has 1 saturated heterocycles. The van der Waals surface area contributed by atoms with Gasteiger partial charge in [0, 0.05) is 16.1 Å². The number of halogens is 2. The third-order valence-corrected chi connectivity index (χ3v) is 6.70. The Hall–Kier alpha value is -2.86. The van der Waals surface area contributed by atoms with Crippen molar-refractivity contribution in [2.75, 3.05) is 13.6 Å². The van der Waals surface area contributed by atoms with Crippen LogP contribution in [0.5, 0.6) is 23.0 Å². The molecule has 1 aliphatic heterocycles.